The van der Waals surface area contributed by atoms with E-state index in [1.807, 2.05) is 6.07 Å². The van der Waals surface area contributed by atoms with Gasteiger partial charge in [-0.1, -0.05) is 20.8 Å². The molecule has 0 spiro atoms. The first-order valence-corrected chi connectivity index (χ1v) is 6.54. The fraction of sp³-hybridized carbons (Fsp3) is 0.538. The van der Waals surface area contributed by atoms with Gasteiger partial charge in [-0.15, -0.1) is 0 Å². The van der Waals surface area contributed by atoms with Gasteiger partial charge in [0.2, 0.25) is 0 Å². The average molecular weight is 286 g/mol. The first kappa shape index (κ1) is 13.4. The van der Waals surface area contributed by atoms with Crippen molar-refractivity contribution in [1.29, 1.82) is 0 Å². The molecule has 2 nitrogen and oxygen atoms in total. The van der Waals surface area contributed by atoms with E-state index in [1.54, 1.807) is 0 Å². The summed E-state index contributed by atoms with van der Waals surface area (Å²) in [5, 5.41) is 0. The van der Waals surface area contributed by atoms with Crippen molar-refractivity contribution >= 4 is 21.6 Å². The standard InChI is InChI=1S/C13H20BrNO/c1-4-10-7-11(14)13(12(15)8-10)16-6-5-9(2)3/h7-9H,4-6,15H2,1-3H3. The number of anilines is 1. The van der Waals surface area contributed by atoms with Crippen molar-refractivity contribution in [3.05, 3.63) is 22.2 Å². The largest absolute Gasteiger partial charge is 0.490 e. The van der Waals surface area contributed by atoms with Crippen molar-refractivity contribution in [2.24, 2.45) is 5.92 Å². The number of aryl methyl sites for hydroxylation is 1. The minimum Gasteiger partial charge on any atom is -0.490 e. The summed E-state index contributed by atoms with van der Waals surface area (Å²) >= 11 is 3.50. The average Bonchev–Trinajstić information content (AvgIpc) is 2.21. The molecule has 3 heteroatoms. The minimum absolute atomic E-state index is 0.648. The lowest BCUT2D eigenvalue weighted by Gasteiger charge is -2.13. The maximum absolute atomic E-state index is 5.96. The lowest BCUT2D eigenvalue weighted by Crippen LogP contribution is -2.04. The number of hydrogen-bond donors (Lipinski definition) is 1. The zero-order valence-electron chi connectivity index (χ0n) is 10.2. The van der Waals surface area contributed by atoms with Crippen molar-refractivity contribution in [3.8, 4) is 5.75 Å². The Morgan fingerprint density at radius 2 is 2.06 bits per heavy atom. The molecule has 0 heterocycles. The molecule has 2 N–H and O–H groups in total. The summed E-state index contributed by atoms with van der Waals surface area (Å²) in [4.78, 5) is 0. The quantitative estimate of drug-likeness (QED) is 0.830. The van der Waals surface area contributed by atoms with Gasteiger partial charge >= 0.3 is 0 Å². The molecule has 0 bridgehead atoms. The van der Waals surface area contributed by atoms with Crippen LogP contribution in [0.5, 0.6) is 5.75 Å². The highest BCUT2D eigenvalue weighted by Crippen LogP contribution is 2.33. The smallest absolute Gasteiger partial charge is 0.156 e. The first-order chi connectivity index (χ1) is 7.54. The van der Waals surface area contributed by atoms with Crippen LogP contribution < -0.4 is 10.5 Å². The molecule has 0 amide bonds. The van der Waals surface area contributed by atoms with Crippen LogP contribution in [0.2, 0.25) is 0 Å². The maximum atomic E-state index is 5.96. The normalized spacial score (nSPS) is 10.8. The summed E-state index contributed by atoms with van der Waals surface area (Å²) in [5.74, 6) is 1.42. The Balaban J connectivity index is 2.72. The van der Waals surface area contributed by atoms with Crippen LogP contribution in [-0.4, -0.2) is 6.61 Å². The van der Waals surface area contributed by atoms with E-state index in [-0.39, 0.29) is 0 Å². The molecule has 1 aromatic carbocycles. The molecule has 0 aliphatic heterocycles. The van der Waals surface area contributed by atoms with E-state index in [1.165, 1.54) is 5.56 Å². The molecular formula is C13H20BrNO. The minimum atomic E-state index is 0.648. The van der Waals surface area contributed by atoms with Crippen LogP contribution >= 0.6 is 15.9 Å². The van der Waals surface area contributed by atoms with Crippen molar-refractivity contribution in [2.75, 3.05) is 12.3 Å². The van der Waals surface area contributed by atoms with Crippen molar-refractivity contribution < 1.29 is 4.74 Å². The number of halogens is 1. The van der Waals surface area contributed by atoms with Crippen LogP contribution in [0.1, 0.15) is 32.8 Å². The van der Waals surface area contributed by atoms with Crippen LogP contribution in [0.4, 0.5) is 5.69 Å². The van der Waals surface area contributed by atoms with E-state index in [0.29, 0.717) is 12.5 Å². The summed E-state index contributed by atoms with van der Waals surface area (Å²) in [5.41, 5.74) is 7.90. The van der Waals surface area contributed by atoms with Gasteiger partial charge in [-0.3, -0.25) is 0 Å². The molecule has 0 aliphatic carbocycles. The lowest BCUT2D eigenvalue weighted by atomic mass is 10.1. The van der Waals surface area contributed by atoms with Crippen LogP contribution in [0, 0.1) is 5.92 Å². The molecule has 1 aromatic rings. The second-order valence-electron chi connectivity index (χ2n) is 4.38. The van der Waals surface area contributed by atoms with Gasteiger partial charge in [0, 0.05) is 0 Å². The second kappa shape index (κ2) is 6.14. The fourth-order valence-corrected chi connectivity index (χ4v) is 2.06. The lowest BCUT2D eigenvalue weighted by molar-refractivity contribution is 0.289. The molecule has 0 atom stereocenters. The van der Waals surface area contributed by atoms with E-state index in [0.717, 1.165) is 28.8 Å². The molecule has 1 rings (SSSR count). The summed E-state index contributed by atoms with van der Waals surface area (Å²) in [6.45, 7) is 7.19. The van der Waals surface area contributed by atoms with E-state index in [2.05, 4.69) is 42.8 Å². The summed E-state index contributed by atoms with van der Waals surface area (Å²) < 4.78 is 6.66. The Hall–Kier alpha value is -0.700. The van der Waals surface area contributed by atoms with E-state index < -0.39 is 0 Å². The molecule has 16 heavy (non-hydrogen) atoms. The Bertz CT molecular complexity index is 327. The number of nitrogens with two attached hydrogens (primary N) is 1. The van der Waals surface area contributed by atoms with Gasteiger partial charge in [0.05, 0.1) is 16.8 Å². The Morgan fingerprint density at radius 1 is 1.38 bits per heavy atom. The Morgan fingerprint density at radius 3 is 2.56 bits per heavy atom. The molecule has 0 fully saturated rings. The maximum Gasteiger partial charge on any atom is 0.156 e. The second-order valence-corrected chi connectivity index (χ2v) is 5.23. The number of hydrogen-bond acceptors (Lipinski definition) is 2. The zero-order chi connectivity index (χ0) is 12.1. The van der Waals surface area contributed by atoms with Gasteiger partial charge in [0.25, 0.3) is 0 Å². The predicted octanol–water partition coefficient (Wildman–Crippen LogP) is 4.02. The Kier molecular flexibility index (Phi) is 5.13. The summed E-state index contributed by atoms with van der Waals surface area (Å²) in [6, 6.07) is 4.05. The van der Waals surface area contributed by atoms with Gasteiger partial charge in [-0.05, 0) is 52.4 Å². The molecule has 0 saturated heterocycles. The van der Waals surface area contributed by atoms with Crippen LogP contribution in [0.15, 0.2) is 16.6 Å². The monoisotopic (exact) mass is 285 g/mol. The molecule has 0 aliphatic rings. The van der Waals surface area contributed by atoms with Gasteiger partial charge < -0.3 is 10.5 Å². The molecular weight excluding hydrogens is 266 g/mol. The van der Waals surface area contributed by atoms with Crippen LogP contribution in [-0.2, 0) is 6.42 Å². The number of benzene rings is 1. The van der Waals surface area contributed by atoms with Gasteiger partial charge in [0.15, 0.2) is 5.75 Å². The predicted molar refractivity (Wildman–Crippen MR) is 72.9 cm³/mol. The van der Waals surface area contributed by atoms with E-state index in [9.17, 15) is 0 Å². The van der Waals surface area contributed by atoms with E-state index in [4.69, 9.17) is 10.5 Å². The molecule has 0 saturated carbocycles. The highest BCUT2D eigenvalue weighted by Gasteiger charge is 2.08. The zero-order valence-corrected chi connectivity index (χ0v) is 11.8. The number of nitrogen functional groups attached to an aromatic ring is 1. The summed E-state index contributed by atoms with van der Waals surface area (Å²) in [7, 11) is 0. The van der Waals surface area contributed by atoms with Crippen molar-refractivity contribution in [2.45, 2.75) is 33.6 Å². The van der Waals surface area contributed by atoms with Crippen molar-refractivity contribution in [3.63, 3.8) is 0 Å². The third-order valence-corrected chi connectivity index (χ3v) is 3.07. The Labute approximate surface area is 106 Å². The summed E-state index contributed by atoms with van der Waals surface area (Å²) in [6.07, 6.45) is 2.02. The number of ether oxygens (including phenoxy) is 1. The highest BCUT2D eigenvalue weighted by atomic mass is 79.9. The molecule has 90 valence electrons. The third-order valence-electron chi connectivity index (χ3n) is 2.48. The van der Waals surface area contributed by atoms with Crippen molar-refractivity contribution in [1.82, 2.24) is 0 Å². The van der Waals surface area contributed by atoms with E-state index >= 15 is 0 Å². The number of rotatable bonds is 5. The highest BCUT2D eigenvalue weighted by molar-refractivity contribution is 9.10. The fourth-order valence-electron chi connectivity index (χ4n) is 1.43. The van der Waals surface area contributed by atoms with Crippen LogP contribution in [0.25, 0.3) is 0 Å². The van der Waals surface area contributed by atoms with Gasteiger partial charge in [-0.25, -0.2) is 0 Å². The van der Waals surface area contributed by atoms with Gasteiger partial charge in [-0.2, -0.15) is 0 Å². The topological polar surface area (TPSA) is 35.2 Å². The van der Waals surface area contributed by atoms with Gasteiger partial charge in [0.1, 0.15) is 0 Å². The molecule has 0 aromatic heterocycles. The SMILES string of the molecule is CCc1cc(N)c(OCCC(C)C)c(Br)c1. The van der Waals surface area contributed by atoms with Crippen LogP contribution in [0.3, 0.4) is 0 Å². The first-order valence-electron chi connectivity index (χ1n) is 5.75. The third kappa shape index (κ3) is 3.71. The molecule has 0 radical (unpaired) electrons. The molecule has 0 unspecified atom stereocenters.